The lowest BCUT2D eigenvalue weighted by atomic mass is 10.1. The van der Waals surface area contributed by atoms with Crippen LogP contribution in [0.5, 0.6) is 0 Å². The fourth-order valence-electron chi connectivity index (χ4n) is 3.63. The molecule has 0 bridgehead atoms. The van der Waals surface area contributed by atoms with E-state index in [4.69, 9.17) is 11.1 Å². The van der Waals surface area contributed by atoms with Crippen LogP contribution in [0, 0.1) is 0 Å². The molecule has 152 valence electrons. The number of halogens is 1. The molecule has 0 amide bonds. The molecule has 0 aromatic heterocycles. The van der Waals surface area contributed by atoms with E-state index in [2.05, 4.69) is 19.7 Å². The van der Waals surface area contributed by atoms with E-state index in [-0.39, 0.29) is 0 Å². The molecular weight excluding hydrogens is 352 g/mol. The van der Waals surface area contributed by atoms with Gasteiger partial charge in [-0.1, -0.05) is 76.0 Å². The molecular formula is C24H45ClSi. The van der Waals surface area contributed by atoms with Crippen LogP contribution in [0.4, 0.5) is 0 Å². The summed E-state index contributed by atoms with van der Waals surface area (Å²) in [6.45, 7) is 11.4. The predicted molar refractivity (Wildman–Crippen MR) is 126 cm³/mol. The van der Waals surface area contributed by atoms with Crippen molar-refractivity contribution in [1.29, 1.82) is 0 Å². The molecule has 0 aliphatic heterocycles. The summed E-state index contributed by atoms with van der Waals surface area (Å²) in [4.78, 5) is 0. The highest BCUT2D eigenvalue weighted by atomic mass is 35.6. The number of hydrogen-bond acceptors (Lipinski definition) is 0. The maximum Gasteiger partial charge on any atom is 0.156 e. The third kappa shape index (κ3) is 17.2. The van der Waals surface area contributed by atoms with Crippen LogP contribution in [-0.4, -0.2) is 7.38 Å². The topological polar surface area (TPSA) is 0 Å². The van der Waals surface area contributed by atoms with E-state index in [9.17, 15) is 0 Å². The number of unbranched alkanes of at least 4 members (excludes halogenated alkanes) is 12. The second-order valence-corrected chi connectivity index (χ2v) is 14.1. The average molecular weight is 397 g/mol. The molecule has 0 fully saturated rings. The van der Waals surface area contributed by atoms with Crippen molar-refractivity contribution in [3.63, 3.8) is 0 Å². The van der Waals surface area contributed by atoms with Gasteiger partial charge in [-0.15, -0.1) is 19.7 Å². The zero-order valence-corrected chi connectivity index (χ0v) is 19.2. The number of rotatable bonds is 21. The van der Waals surface area contributed by atoms with Crippen molar-refractivity contribution in [3.8, 4) is 0 Å². The normalized spacial score (nSPS) is 11.4. The monoisotopic (exact) mass is 396 g/mol. The summed E-state index contributed by atoms with van der Waals surface area (Å²) in [7, 11) is -1.54. The first-order chi connectivity index (χ1) is 12.7. The van der Waals surface area contributed by atoms with Crippen LogP contribution in [0.2, 0.25) is 18.1 Å². The molecule has 0 radical (unpaired) electrons. The Labute approximate surface area is 170 Å². The molecule has 0 aromatic carbocycles. The average Bonchev–Trinajstić information content (AvgIpc) is 2.64. The maximum atomic E-state index is 7.25. The molecule has 0 aliphatic rings. The molecule has 0 nitrogen and oxygen atoms in total. The van der Waals surface area contributed by atoms with Gasteiger partial charge in [0.25, 0.3) is 0 Å². The van der Waals surface area contributed by atoms with Crippen LogP contribution in [-0.2, 0) is 0 Å². The SMILES string of the molecule is C=CCCCCCC[Si](Cl)(CCCCCCC=C)CCCCCCC=C. The van der Waals surface area contributed by atoms with E-state index >= 15 is 0 Å². The van der Waals surface area contributed by atoms with Crippen LogP contribution >= 0.6 is 11.1 Å². The summed E-state index contributed by atoms with van der Waals surface area (Å²) in [6, 6.07) is 4.01. The van der Waals surface area contributed by atoms with Gasteiger partial charge >= 0.3 is 0 Å². The molecule has 2 heteroatoms. The molecule has 0 aromatic rings. The number of allylic oxidation sites excluding steroid dienone is 3. The Kier molecular flexibility index (Phi) is 19.3. The molecule has 0 N–H and O–H groups in total. The highest BCUT2D eigenvalue weighted by molar-refractivity contribution is 7.20. The Bertz CT molecular complexity index is 287. The highest BCUT2D eigenvalue weighted by Gasteiger charge is 2.28. The smallest absolute Gasteiger partial charge is 0.156 e. The van der Waals surface area contributed by atoms with Gasteiger partial charge in [0.05, 0.1) is 0 Å². The zero-order chi connectivity index (χ0) is 19.3. The summed E-state index contributed by atoms with van der Waals surface area (Å²) in [5.41, 5.74) is 0. The quantitative estimate of drug-likeness (QED) is 0.0783. The summed E-state index contributed by atoms with van der Waals surface area (Å²) < 4.78 is 0. The van der Waals surface area contributed by atoms with Crippen molar-refractivity contribution >= 4 is 18.5 Å². The molecule has 0 aliphatic carbocycles. The highest BCUT2D eigenvalue weighted by Crippen LogP contribution is 2.33. The minimum Gasteiger partial charge on any atom is -0.167 e. The third-order valence-electron chi connectivity index (χ3n) is 5.35. The van der Waals surface area contributed by atoms with Gasteiger partial charge in [-0.05, 0) is 56.7 Å². The van der Waals surface area contributed by atoms with E-state index < -0.39 is 7.38 Å². The van der Waals surface area contributed by atoms with Crippen molar-refractivity contribution in [2.45, 2.75) is 114 Å². The Hall–Kier alpha value is -0.273. The summed E-state index contributed by atoms with van der Waals surface area (Å²) >= 11 is 7.25. The van der Waals surface area contributed by atoms with Crippen molar-refractivity contribution in [2.75, 3.05) is 0 Å². The van der Waals surface area contributed by atoms with Crippen LogP contribution in [0.1, 0.15) is 96.3 Å². The van der Waals surface area contributed by atoms with Gasteiger partial charge in [-0.3, -0.25) is 0 Å². The van der Waals surface area contributed by atoms with Crippen LogP contribution in [0.15, 0.2) is 38.0 Å². The summed E-state index contributed by atoms with van der Waals surface area (Å²) in [6.07, 6.45) is 25.7. The molecule has 0 spiro atoms. The van der Waals surface area contributed by atoms with Crippen LogP contribution in [0.25, 0.3) is 0 Å². The minimum atomic E-state index is -1.54. The van der Waals surface area contributed by atoms with Gasteiger partial charge in [-0.25, -0.2) is 0 Å². The van der Waals surface area contributed by atoms with Gasteiger partial charge < -0.3 is 0 Å². The van der Waals surface area contributed by atoms with Crippen LogP contribution in [0.3, 0.4) is 0 Å². The molecule has 0 heterocycles. The van der Waals surface area contributed by atoms with E-state index in [1.54, 1.807) is 0 Å². The van der Waals surface area contributed by atoms with Crippen molar-refractivity contribution in [3.05, 3.63) is 38.0 Å². The molecule has 0 unspecified atom stereocenters. The lowest BCUT2D eigenvalue weighted by Crippen LogP contribution is -2.26. The van der Waals surface area contributed by atoms with Crippen molar-refractivity contribution in [2.24, 2.45) is 0 Å². The molecule has 0 atom stereocenters. The minimum absolute atomic E-state index is 1.17. The summed E-state index contributed by atoms with van der Waals surface area (Å²) in [5.74, 6) is 0. The Morgan fingerprint density at radius 3 is 1.00 bits per heavy atom. The molecule has 0 saturated heterocycles. The fraction of sp³-hybridized carbons (Fsp3) is 0.750. The van der Waals surface area contributed by atoms with Gasteiger partial charge in [0, 0.05) is 0 Å². The third-order valence-corrected chi connectivity index (χ3v) is 10.8. The van der Waals surface area contributed by atoms with Crippen molar-refractivity contribution in [1.82, 2.24) is 0 Å². The second kappa shape index (κ2) is 19.5. The van der Waals surface area contributed by atoms with Gasteiger partial charge in [0.15, 0.2) is 7.38 Å². The van der Waals surface area contributed by atoms with Gasteiger partial charge in [0.2, 0.25) is 0 Å². The molecule has 0 rings (SSSR count). The zero-order valence-electron chi connectivity index (χ0n) is 17.5. The second-order valence-electron chi connectivity index (χ2n) is 7.88. The number of hydrogen-bond donors (Lipinski definition) is 0. The van der Waals surface area contributed by atoms with Crippen molar-refractivity contribution < 1.29 is 0 Å². The first-order valence-corrected chi connectivity index (χ1v) is 14.8. The Morgan fingerprint density at radius 2 is 0.731 bits per heavy atom. The first kappa shape index (κ1) is 25.7. The summed E-state index contributed by atoms with van der Waals surface area (Å²) in [5, 5.41) is 0. The van der Waals surface area contributed by atoms with E-state index in [0.29, 0.717) is 0 Å². The van der Waals surface area contributed by atoms with Gasteiger partial charge in [0.1, 0.15) is 0 Å². The Morgan fingerprint density at radius 1 is 0.462 bits per heavy atom. The molecule has 0 saturated carbocycles. The van der Waals surface area contributed by atoms with E-state index in [0.717, 1.165) is 0 Å². The lowest BCUT2D eigenvalue weighted by Gasteiger charge is -2.25. The van der Waals surface area contributed by atoms with Gasteiger partial charge in [-0.2, -0.15) is 11.1 Å². The lowest BCUT2D eigenvalue weighted by molar-refractivity contribution is 0.649. The van der Waals surface area contributed by atoms with E-state index in [1.165, 1.54) is 114 Å². The largest absolute Gasteiger partial charge is 0.167 e. The Balaban J connectivity index is 4.07. The first-order valence-electron chi connectivity index (χ1n) is 11.2. The maximum absolute atomic E-state index is 7.25. The standard InChI is InChI=1S/C24H45ClSi/c1-4-7-10-13-16-19-22-26(25,23-20-17-14-11-8-5-2)24-21-18-15-12-9-6-3/h4-6H,1-3,7-24H2. The molecule has 26 heavy (non-hydrogen) atoms. The fourth-order valence-corrected chi connectivity index (χ4v) is 8.23. The predicted octanol–water partition coefficient (Wildman–Crippen LogP) is 9.58. The van der Waals surface area contributed by atoms with E-state index in [1.807, 2.05) is 18.2 Å². The van der Waals surface area contributed by atoms with Crippen LogP contribution < -0.4 is 0 Å².